The van der Waals surface area contributed by atoms with Crippen LogP contribution < -0.4 is 11.1 Å². The molecule has 5 nitrogen and oxygen atoms in total. The smallest absolute Gasteiger partial charge is 0.241 e. The molecule has 0 rings (SSSR count). The molecule has 0 aliphatic rings. The van der Waals surface area contributed by atoms with E-state index in [9.17, 15) is 9.59 Å². The maximum Gasteiger partial charge on any atom is 0.241 e. The number of rotatable bonds is 7. The summed E-state index contributed by atoms with van der Waals surface area (Å²) in [6, 6.07) is -0.329. The van der Waals surface area contributed by atoms with Crippen molar-refractivity contribution in [1.29, 1.82) is 0 Å². The molecular formula is C13H27N3O2. The van der Waals surface area contributed by atoms with E-state index in [2.05, 4.69) is 5.32 Å². The highest BCUT2D eigenvalue weighted by atomic mass is 16.2. The van der Waals surface area contributed by atoms with E-state index >= 15 is 0 Å². The second kappa shape index (κ2) is 8.08. The number of amides is 2. The molecule has 0 bridgehead atoms. The lowest BCUT2D eigenvalue weighted by Crippen LogP contribution is -2.48. The van der Waals surface area contributed by atoms with Crippen LogP contribution in [0.3, 0.4) is 0 Å². The van der Waals surface area contributed by atoms with E-state index in [1.807, 2.05) is 27.7 Å². The predicted molar refractivity (Wildman–Crippen MR) is 73.0 cm³/mol. The average Bonchev–Trinajstić information content (AvgIpc) is 2.35. The van der Waals surface area contributed by atoms with E-state index in [1.165, 1.54) is 0 Å². The van der Waals surface area contributed by atoms with E-state index in [1.54, 1.807) is 11.9 Å². The van der Waals surface area contributed by atoms with Crippen molar-refractivity contribution in [2.75, 3.05) is 13.6 Å². The molecule has 2 amide bonds. The van der Waals surface area contributed by atoms with Gasteiger partial charge in [0.2, 0.25) is 11.8 Å². The van der Waals surface area contributed by atoms with Crippen LogP contribution in [0.5, 0.6) is 0 Å². The van der Waals surface area contributed by atoms with Gasteiger partial charge in [-0.3, -0.25) is 9.59 Å². The topological polar surface area (TPSA) is 75.4 Å². The molecule has 0 saturated heterocycles. The number of nitrogens with one attached hydrogen (secondary N) is 1. The van der Waals surface area contributed by atoms with Crippen LogP contribution in [0.1, 0.15) is 40.5 Å². The summed E-state index contributed by atoms with van der Waals surface area (Å²) in [5, 5.41) is 2.59. The van der Waals surface area contributed by atoms with Gasteiger partial charge in [-0.2, -0.15) is 0 Å². The van der Waals surface area contributed by atoms with Gasteiger partial charge >= 0.3 is 0 Å². The van der Waals surface area contributed by atoms with Crippen molar-refractivity contribution in [3.8, 4) is 0 Å². The van der Waals surface area contributed by atoms with Crippen molar-refractivity contribution in [3.63, 3.8) is 0 Å². The molecule has 0 unspecified atom stereocenters. The summed E-state index contributed by atoms with van der Waals surface area (Å²) in [4.78, 5) is 25.2. The highest BCUT2D eigenvalue weighted by Gasteiger charge is 2.20. The Morgan fingerprint density at radius 2 is 1.72 bits per heavy atom. The van der Waals surface area contributed by atoms with Gasteiger partial charge in [0.25, 0.3) is 0 Å². The Morgan fingerprint density at radius 1 is 1.22 bits per heavy atom. The number of nitrogens with two attached hydrogens (primary N) is 1. The van der Waals surface area contributed by atoms with E-state index in [0.717, 1.165) is 12.8 Å². The van der Waals surface area contributed by atoms with E-state index < -0.39 is 6.04 Å². The van der Waals surface area contributed by atoms with Gasteiger partial charge in [0.15, 0.2) is 0 Å². The minimum atomic E-state index is -0.559. The van der Waals surface area contributed by atoms with Crippen LogP contribution in [-0.2, 0) is 9.59 Å². The molecule has 0 aliphatic heterocycles. The Balaban J connectivity index is 4.22. The summed E-state index contributed by atoms with van der Waals surface area (Å²) in [6.07, 6.45) is 1.83. The van der Waals surface area contributed by atoms with Gasteiger partial charge in [0, 0.05) is 13.1 Å². The average molecular weight is 257 g/mol. The Hall–Kier alpha value is -1.10. The molecule has 0 saturated carbocycles. The minimum Gasteiger partial charge on any atom is -0.346 e. The molecule has 1 atom stereocenters. The maximum atomic E-state index is 11.9. The molecule has 0 heterocycles. The lowest BCUT2D eigenvalue weighted by molar-refractivity contribution is -0.134. The molecule has 0 aromatic carbocycles. The molecule has 5 heteroatoms. The molecule has 3 N–H and O–H groups in total. The number of carbonyl (C=O) groups is 2. The van der Waals surface area contributed by atoms with Crippen LogP contribution in [0, 0.1) is 5.92 Å². The number of hydrogen-bond acceptors (Lipinski definition) is 3. The van der Waals surface area contributed by atoms with Crippen LogP contribution in [0.15, 0.2) is 0 Å². The third kappa shape index (κ3) is 5.04. The molecule has 0 aromatic rings. The standard InChI is InChI=1S/C13H27N3O2/c1-6-10(7-2)16(5)11(17)8-15-13(18)12(14)9(3)4/h9-10,12H,6-8,14H2,1-5H3,(H,15,18)/t12-/m0/s1. The fourth-order valence-electron chi connectivity index (χ4n) is 1.75. The van der Waals surface area contributed by atoms with Crippen molar-refractivity contribution in [2.45, 2.75) is 52.6 Å². The van der Waals surface area contributed by atoms with Crippen LogP contribution in [0.2, 0.25) is 0 Å². The molecule has 0 spiro atoms. The SMILES string of the molecule is CCC(CC)N(C)C(=O)CNC(=O)[C@@H](N)C(C)C. The predicted octanol–water partition coefficient (Wildman–Crippen LogP) is 0.733. The monoisotopic (exact) mass is 257 g/mol. The largest absolute Gasteiger partial charge is 0.346 e. The van der Waals surface area contributed by atoms with Gasteiger partial charge in [-0.1, -0.05) is 27.7 Å². The van der Waals surface area contributed by atoms with Crippen molar-refractivity contribution in [2.24, 2.45) is 11.7 Å². The third-order valence-electron chi connectivity index (χ3n) is 3.32. The van der Waals surface area contributed by atoms with Gasteiger partial charge in [-0.05, 0) is 18.8 Å². The Kier molecular flexibility index (Phi) is 7.59. The Labute approximate surface area is 110 Å². The first-order valence-corrected chi connectivity index (χ1v) is 6.64. The lowest BCUT2D eigenvalue weighted by Gasteiger charge is -2.26. The van der Waals surface area contributed by atoms with Crippen LogP contribution in [-0.4, -0.2) is 42.4 Å². The first-order valence-electron chi connectivity index (χ1n) is 6.64. The molecule has 0 aliphatic carbocycles. The highest BCUT2D eigenvalue weighted by molar-refractivity contribution is 5.87. The van der Waals surface area contributed by atoms with Crippen molar-refractivity contribution in [3.05, 3.63) is 0 Å². The van der Waals surface area contributed by atoms with Crippen molar-refractivity contribution >= 4 is 11.8 Å². The molecular weight excluding hydrogens is 230 g/mol. The Bertz CT molecular complexity index is 275. The van der Waals surface area contributed by atoms with Crippen LogP contribution in [0.4, 0.5) is 0 Å². The summed E-state index contributed by atoms with van der Waals surface area (Å²) in [7, 11) is 1.77. The zero-order valence-electron chi connectivity index (χ0n) is 12.2. The van der Waals surface area contributed by atoms with Gasteiger partial charge in [-0.25, -0.2) is 0 Å². The van der Waals surface area contributed by atoms with E-state index in [-0.39, 0.29) is 30.3 Å². The third-order valence-corrected chi connectivity index (χ3v) is 3.32. The summed E-state index contributed by atoms with van der Waals surface area (Å²) < 4.78 is 0. The van der Waals surface area contributed by atoms with Crippen LogP contribution in [0.25, 0.3) is 0 Å². The zero-order chi connectivity index (χ0) is 14.3. The summed E-state index contributed by atoms with van der Waals surface area (Å²) in [6.45, 7) is 7.87. The second-order valence-corrected chi connectivity index (χ2v) is 4.96. The maximum absolute atomic E-state index is 11.9. The molecule has 18 heavy (non-hydrogen) atoms. The fraction of sp³-hybridized carbons (Fsp3) is 0.846. The normalized spacial score (nSPS) is 12.7. The quantitative estimate of drug-likeness (QED) is 0.706. The van der Waals surface area contributed by atoms with Gasteiger partial charge < -0.3 is 16.0 Å². The number of nitrogens with zero attached hydrogens (tertiary/aromatic N) is 1. The molecule has 0 radical (unpaired) electrons. The molecule has 0 aromatic heterocycles. The van der Waals surface area contributed by atoms with Gasteiger partial charge in [-0.15, -0.1) is 0 Å². The molecule has 106 valence electrons. The van der Waals surface area contributed by atoms with Crippen LogP contribution >= 0.6 is 0 Å². The lowest BCUT2D eigenvalue weighted by atomic mass is 10.1. The summed E-state index contributed by atoms with van der Waals surface area (Å²) in [5.74, 6) is -0.277. The number of carbonyl (C=O) groups excluding carboxylic acids is 2. The minimum absolute atomic E-state index is 0.0201. The Morgan fingerprint density at radius 3 is 2.11 bits per heavy atom. The van der Waals surface area contributed by atoms with E-state index in [0.29, 0.717) is 0 Å². The number of likely N-dealkylation sites (N-methyl/N-ethyl adjacent to an activating group) is 1. The highest BCUT2D eigenvalue weighted by Crippen LogP contribution is 2.05. The first-order chi connectivity index (χ1) is 8.34. The summed E-state index contributed by atoms with van der Waals surface area (Å²) >= 11 is 0. The van der Waals surface area contributed by atoms with Gasteiger partial charge in [0.05, 0.1) is 12.6 Å². The van der Waals surface area contributed by atoms with Gasteiger partial charge in [0.1, 0.15) is 0 Å². The summed E-state index contributed by atoms with van der Waals surface area (Å²) in [5.41, 5.74) is 5.70. The second-order valence-electron chi connectivity index (χ2n) is 4.96. The number of hydrogen-bond donors (Lipinski definition) is 2. The van der Waals surface area contributed by atoms with Crippen molar-refractivity contribution < 1.29 is 9.59 Å². The first kappa shape index (κ1) is 16.9. The molecule has 0 fully saturated rings. The zero-order valence-corrected chi connectivity index (χ0v) is 12.2. The van der Waals surface area contributed by atoms with Crippen molar-refractivity contribution in [1.82, 2.24) is 10.2 Å². The fourth-order valence-corrected chi connectivity index (χ4v) is 1.75. The van der Waals surface area contributed by atoms with E-state index in [4.69, 9.17) is 5.73 Å².